The summed E-state index contributed by atoms with van der Waals surface area (Å²) in [7, 11) is 0. The third-order valence-electron chi connectivity index (χ3n) is 3.92. The smallest absolute Gasteiger partial charge is 0.252 e. The zero-order valence-electron chi connectivity index (χ0n) is 13.8. The number of nitrogens with zero attached hydrogens (tertiary/aromatic N) is 3. The van der Waals surface area contributed by atoms with E-state index in [0.717, 1.165) is 18.6 Å². The van der Waals surface area contributed by atoms with E-state index in [-0.39, 0.29) is 31.6 Å². The van der Waals surface area contributed by atoms with Gasteiger partial charge < -0.3 is 19.0 Å². The maximum Gasteiger partial charge on any atom is 0.252 e. The Balaban J connectivity index is 1.40. The molecule has 2 aromatic heterocycles. The summed E-state index contributed by atoms with van der Waals surface area (Å²) in [6.45, 7) is 2.20. The van der Waals surface area contributed by atoms with E-state index in [2.05, 4.69) is 20.4 Å². The van der Waals surface area contributed by atoms with Crippen LogP contribution in [-0.2, 0) is 29.2 Å². The number of nitrogens with one attached hydrogen (secondary N) is 1. The van der Waals surface area contributed by atoms with Gasteiger partial charge in [-0.2, -0.15) is 4.98 Å². The largest absolute Gasteiger partial charge is 0.443 e. The molecule has 0 aromatic carbocycles. The molecular formula is C16H22N4O4. The Labute approximate surface area is 140 Å². The number of hydrogen-bond acceptors (Lipinski definition) is 7. The molecule has 1 amide bonds. The van der Waals surface area contributed by atoms with Crippen LogP contribution in [-0.4, -0.2) is 27.1 Å². The minimum Gasteiger partial charge on any atom is -0.443 e. The van der Waals surface area contributed by atoms with Crippen LogP contribution >= 0.6 is 0 Å². The van der Waals surface area contributed by atoms with Crippen molar-refractivity contribution in [2.45, 2.75) is 64.7 Å². The van der Waals surface area contributed by atoms with Crippen molar-refractivity contribution in [3.63, 3.8) is 0 Å². The van der Waals surface area contributed by atoms with Crippen LogP contribution in [0.5, 0.6) is 0 Å². The molecule has 24 heavy (non-hydrogen) atoms. The molecule has 1 aliphatic carbocycles. The summed E-state index contributed by atoms with van der Waals surface area (Å²) >= 11 is 0. The lowest BCUT2D eigenvalue weighted by Gasteiger charge is -2.22. The Morgan fingerprint density at radius 1 is 1.29 bits per heavy atom. The molecule has 0 radical (unpaired) electrons. The fraction of sp³-hybridized carbons (Fsp3) is 0.625. The van der Waals surface area contributed by atoms with Gasteiger partial charge in [-0.3, -0.25) is 4.79 Å². The van der Waals surface area contributed by atoms with Gasteiger partial charge in [0.15, 0.2) is 5.82 Å². The van der Waals surface area contributed by atoms with Crippen molar-refractivity contribution in [3.05, 3.63) is 29.6 Å². The van der Waals surface area contributed by atoms with Crippen molar-refractivity contribution in [2.24, 2.45) is 0 Å². The highest BCUT2D eigenvalue weighted by Crippen LogP contribution is 2.17. The van der Waals surface area contributed by atoms with Gasteiger partial charge >= 0.3 is 0 Å². The summed E-state index contributed by atoms with van der Waals surface area (Å²) in [6.07, 6.45) is 7.48. The normalized spacial score (nSPS) is 15.5. The predicted octanol–water partition coefficient (Wildman–Crippen LogP) is 2.07. The van der Waals surface area contributed by atoms with Crippen molar-refractivity contribution in [1.29, 1.82) is 0 Å². The summed E-state index contributed by atoms with van der Waals surface area (Å²) in [5.74, 6) is 1.87. The van der Waals surface area contributed by atoms with E-state index in [4.69, 9.17) is 13.7 Å². The van der Waals surface area contributed by atoms with Gasteiger partial charge in [0.2, 0.25) is 11.8 Å². The summed E-state index contributed by atoms with van der Waals surface area (Å²) in [4.78, 5) is 20.2. The van der Waals surface area contributed by atoms with Gasteiger partial charge in [-0.25, -0.2) is 4.98 Å². The van der Waals surface area contributed by atoms with Crippen molar-refractivity contribution >= 4 is 5.91 Å². The highest BCUT2D eigenvalue weighted by Gasteiger charge is 2.17. The molecule has 0 unspecified atom stereocenters. The Hall–Kier alpha value is -2.22. The fourth-order valence-corrected chi connectivity index (χ4v) is 2.78. The first-order valence-corrected chi connectivity index (χ1v) is 8.29. The van der Waals surface area contributed by atoms with Crippen LogP contribution < -0.4 is 5.32 Å². The molecule has 8 heteroatoms. The van der Waals surface area contributed by atoms with Crippen LogP contribution in [0.3, 0.4) is 0 Å². The average Bonchev–Trinajstić information content (AvgIpc) is 3.17. The van der Waals surface area contributed by atoms with Crippen LogP contribution in [0.4, 0.5) is 0 Å². The number of aromatic nitrogens is 3. The molecule has 0 bridgehead atoms. The maximum atomic E-state index is 12.0. The molecule has 3 rings (SSSR count). The molecule has 2 heterocycles. The lowest BCUT2D eigenvalue weighted by atomic mass is 9.95. The second-order valence-corrected chi connectivity index (χ2v) is 6.04. The van der Waals surface area contributed by atoms with Gasteiger partial charge in [-0.15, -0.1) is 0 Å². The molecule has 0 atom stereocenters. The topological polar surface area (TPSA) is 103 Å². The van der Waals surface area contributed by atoms with E-state index in [9.17, 15) is 4.79 Å². The number of hydrogen-bond donors (Lipinski definition) is 1. The second kappa shape index (κ2) is 8.05. The number of amides is 1. The molecule has 1 N–H and O–H groups in total. The average molecular weight is 334 g/mol. The van der Waals surface area contributed by atoms with E-state index in [1.54, 1.807) is 6.20 Å². The van der Waals surface area contributed by atoms with Crippen molar-refractivity contribution in [2.75, 3.05) is 0 Å². The Kier molecular flexibility index (Phi) is 5.58. The van der Waals surface area contributed by atoms with Crippen LogP contribution in [0.2, 0.25) is 0 Å². The van der Waals surface area contributed by atoms with Crippen LogP contribution in [0, 0.1) is 6.92 Å². The quantitative estimate of drug-likeness (QED) is 0.826. The number of carbonyl (C=O) groups is 1. The molecule has 2 aromatic rings. The molecule has 130 valence electrons. The van der Waals surface area contributed by atoms with Crippen molar-refractivity contribution in [1.82, 2.24) is 20.4 Å². The van der Waals surface area contributed by atoms with Gasteiger partial charge in [0.25, 0.3) is 5.89 Å². The van der Waals surface area contributed by atoms with Crippen LogP contribution in [0.25, 0.3) is 0 Å². The van der Waals surface area contributed by atoms with E-state index in [1.165, 1.54) is 19.3 Å². The minimum atomic E-state index is -0.0644. The lowest BCUT2D eigenvalue weighted by molar-refractivity contribution is -0.121. The zero-order valence-corrected chi connectivity index (χ0v) is 13.8. The molecule has 8 nitrogen and oxygen atoms in total. The Morgan fingerprint density at radius 2 is 2.08 bits per heavy atom. The molecule has 0 aliphatic heterocycles. The summed E-state index contributed by atoms with van der Waals surface area (Å²) in [5.41, 5.74) is 0. The molecule has 1 fully saturated rings. The summed E-state index contributed by atoms with van der Waals surface area (Å²) in [6, 6.07) is 0.283. The minimum absolute atomic E-state index is 0.0644. The zero-order chi connectivity index (χ0) is 16.8. The van der Waals surface area contributed by atoms with Crippen LogP contribution in [0.15, 0.2) is 15.1 Å². The predicted molar refractivity (Wildman–Crippen MR) is 82.8 cm³/mol. The van der Waals surface area contributed by atoms with Gasteiger partial charge in [-0.05, 0) is 19.8 Å². The molecule has 0 spiro atoms. The third kappa shape index (κ3) is 4.89. The van der Waals surface area contributed by atoms with E-state index < -0.39 is 0 Å². The molecule has 1 saturated carbocycles. The fourth-order valence-electron chi connectivity index (χ4n) is 2.78. The second-order valence-electron chi connectivity index (χ2n) is 6.04. The summed E-state index contributed by atoms with van der Waals surface area (Å²) < 4.78 is 15.8. The van der Waals surface area contributed by atoms with E-state index in [0.29, 0.717) is 17.6 Å². The van der Waals surface area contributed by atoms with Crippen molar-refractivity contribution < 1.29 is 18.5 Å². The first kappa shape index (κ1) is 16.6. The number of carbonyl (C=O) groups excluding carboxylic acids is 1. The highest BCUT2D eigenvalue weighted by molar-refractivity contribution is 5.77. The first-order chi connectivity index (χ1) is 11.7. The lowest BCUT2D eigenvalue weighted by Crippen LogP contribution is -2.37. The van der Waals surface area contributed by atoms with Gasteiger partial charge in [-0.1, -0.05) is 24.4 Å². The van der Waals surface area contributed by atoms with Crippen molar-refractivity contribution in [3.8, 4) is 0 Å². The number of ether oxygens (including phenoxy) is 1. The Morgan fingerprint density at radius 3 is 2.83 bits per heavy atom. The molecule has 1 aliphatic rings. The first-order valence-electron chi connectivity index (χ1n) is 8.29. The van der Waals surface area contributed by atoms with Gasteiger partial charge in [0.1, 0.15) is 19.0 Å². The van der Waals surface area contributed by atoms with Gasteiger partial charge in [0, 0.05) is 6.04 Å². The van der Waals surface area contributed by atoms with Gasteiger partial charge in [0.05, 0.1) is 12.6 Å². The standard InChI is InChI=1S/C16H22N4O4/c1-11-8-17-15(23-11)9-22-10-16-19-13(20-24-16)7-14(21)18-12-5-3-2-4-6-12/h8,12H,2-7,9-10H2,1H3,(H,18,21). The monoisotopic (exact) mass is 334 g/mol. The number of oxazole rings is 1. The molecule has 0 saturated heterocycles. The van der Waals surface area contributed by atoms with Crippen LogP contribution in [0.1, 0.15) is 55.5 Å². The number of rotatable bonds is 7. The van der Waals surface area contributed by atoms with E-state index >= 15 is 0 Å². The van der Waals surface area contributed by atoms with E-state index in [1.807, 2.05) is 6.92 Å². The SMILES string of the molecule is Cc1cnc(COCc2nc(CC(=O)NC3CCCCC3)no2)o1. The maximum absolute atomic E-state index is 12.0. The third-order valence-corrected chi connectivity index (χ3v) is 3.92. The molecular weight excluding hydrogens is 312 g/mol. The highest BCUT2D eigenvalue weighted by atomic mass is 16.5. The Bertz CT molecular complexity index is 661. The number of aryl methyl sites for hydroxylation is 1. The summed E-state index contributed by atoms with van der Waals surface area (Å²) in [5, 5.41) is 6.84.